The van der Waals surface area contributed by atoms with Crippen LogP contribution in [0.4, 0.5) is 0 Å². The molecule has 0 aromatic heterocycles. The average Bonchev–Trinajstić information content (AvgIpc) is 2.47. The van der Waals surface area contributed by atoms with Crippen molar-refractivity contribution in [2.75, 3.05) is 0 Å². The van der Waals surface area contributed by atoms with Gasteiger partial charge in [-0.1, -0.05) is 50.3 Å². The van der Waals surface area contributed by atoms with E-state index in [1.807, 2.05) is 6.08 Å². The van der Waals surface area contributed by atoms with E-state index in [1.165, 1.54) is 16.6 Å². The van der Waals surface area contributed by atoms with Crippen LogP contribution in [-0.2, 0) is 4.65 Å². The molecule has 0 atom stereocenters. The summed E-state index contributed by atoms with van der Waals surface area (Å²) >= 11 is 0. The van der Waals surface area contributed by atoms with Crippen LogP contribution in [0.5, 0.6) is 0 Å². The average molecular weight is 242 g/mol. The molecule has 96 valence electrons. The van der Waals surface area contributed by atoms with Crippen molar-refractivity contribution in [2.24, 2.45) is 5.41 Å². The molecular weight excluding hydrogens is 219 g/mol. The van der Waals surface area contributed by atoms with Crippen molar-refractivity contribution in [1.29, 1.82) is 0 Å². The van der Waals surface area contributed by atoms with Crippen molar-refractivity contribution in [1.82, 2.24) is 0 Å². The van der Waals surface area contributed by atoms with Gasteiger partial charge in [-0.15, -0.1) is 0 Å². The van der Waals surface area contributed by atoms with Gasteiger partial charge < -0.3 is 4.65 Å². The van der Waals surface area contributed by atoms with Crippen molar-refractivity contribution in [3.05, 3.63) is 35.9 Å². The molecule has 1 fully saturated rings. The van der Waals surface area contributed by atoms with Crippen LogP contribution in [0, 0.1) is 12.3 Å². The minimum absolute atomic E-state index is 0.0849. The second-order valence-corrected chi connectivity index (χ2v) is 6.49. The van der Waals surface area contributed by atoms with Crippen LogP contribution in [0.2, 0.25) is 6.32 Å². The highest BCUT2D eigenvalue weighted by molar-refractivity contribution is 6.69. The van der Waals surface area contributed by atoms with Gasteiger partial charge in [-0.3, -0.25) is 0 Å². The molecule has 2 heteroatoms. The third-order valence-electron chi connectivity index (χ3n) is 4.66. The molecular formula is C16H23BO. The van der Waals surface area contributed by atoms with Gasteiger partial charge in [0.05, 0.1) is 5.60 Å². The summed E-state index contributed by atoms with van der Waals surface area (Å²) in [4.78, 5) is 0. The highest BCUT2D eigenvalue weighted by Gasteiger charge is 2.50. The fraction of sp³-hybridized carbons (Fsp3) is 0.500. The third-order valence-corrected chi connectivity index (χ3v) is 4.66. The minimum atomic E-state index is -0.0849. The molecule has 18 heavy (non-hydrogen) atoms. The maximum absolute atomic E-state index is 6.33. The van der Waals surface area contributed by atoms with Crippen LogP contribution in [0.3, 0.4) is 0 Å². The van der Waals surface area contributed by atoms with Crippen LogP contribution in [0.15, 0.2) is 24.8 Å². The van der Waals surface area contributed by atoms with Crippen LogP contribution >= 0.6 is 0 Å². The summed E-state index contributed by atoms with van der Waals surface area (Å²) in [5, 5.41) is 0. The smallest absolute Gasteiger partial charge is 0.328 e. The number of hydrogen-bond acceptors (Lipinski definition) is 1. The fourth-order valence-electron chi connectivity index (χ4n) is 2.75. The number of aryl methyl sites for hydroxylation is 1. The Morgan fingerprint density at radius 1 is 1.28 bits per heavy atom. The molecule has 0 N–H and O–H groups in total. The zero-order valence-corrected chi connectivity index (χ0v) is 12.2. The molecule has 1 aliphatic rings. The maximum Gasteiger partial charge on any atom is 0.328 e. The van der Waals surface area contributed by atoms with Crippen molar-refractivity contribution in [3.8, 4) is 0 Å². The van der Waals surface area contributed by atoms with E-state index in [2.05, 4.69) is 59.4 Å². The Kier molecular flexibility index (Phi) is 3.18. The summed E-state index contributed by atoms with van der Waals surface area (Å²) in [6.45, 7) is 15.2. The fourth-order valence-corrected chi connectivity index (χ4v) is 2.75. The monoisotopic (exact) mass is 242 g/mol. The molecule has 0 aliphatic carbocycles. The predicted octanol–water partition coefficient (Wildman–Crippen LogP) is 3.67. The first-order valence-corrected chi connectivity index (χ1v) is 6.68. The molecule has 0 bridgehead atoms. The Labute approximate surface area is 111 Å². The van der Waals surface area contributed by atoms with E-state index in [0.717, 1.165) is 6.32 Å². The molecule has 2 rings (SSSR count). The summed E-state index contributed by atoms with van der Waals surface area (Å²) < 4.78 is 6.33. The van der Waals surface area contributed by atoms with Crippen molar-refractivity contribution >= 4 is 18.5 Å². The standard InChI is InChI=1S/C16H23BO/c1-7-13-10-8-9-12(2)14(13)17-11-15(3,4)16(5,6)18-17/h7-10H,1,11H2,2-6H3. The summed E-state index contributed by atoms with van der Waals surface area (Å²) in [7, 11) is 0. The van der Waals surface area contributed by atoms with Crippen LogP contribution in [0.1, 0.15) is 38.8 Å². The number of benzene rings is 1. The first kappa shape index (κ1) is 13.4. The molecule has 1 aromatic carbocycles. The van der Waals surface area contributed by atoms with Gasteiger partial charge in [-0.05, 0) is 43.5 Å². The van der Waals surface area contributed by atoms with Crippen LogP contribution in [-0.4, -0.2) is 12.5 Å². The Bertz CT molecular complexity index is 458. The molecule has 1 nitrogen and oxygen atoms in total. The molecule has 0 spiro atoms. The second kappa shape index (κ2) is 4.27. The lowest BCUT2D eigenvalue weighted by molar-refractivity contribution is 0.0375. The van der Waals surface area contributed by atoms with Gasteiger partial charge in [0.2, 0.25) is 0 Å². The molecule has 1 heterocycles. The van der Waals surface area contributed by atoms with Gasteiger partial charge in [0.1, 0.15) is 0 Å². The van der Waals surface area contributed by atoms with Gasteiger partial charge in [-0.2, -0.15) is 0 Å². The topological polar surface area (TPSA) is 9.23 Å². The maximum atomic E-state index is 6.33. The van der Waals surface area contributed by atoms with E-state index in [0.29, 0.717) is 0 Å². The Balaban J connectivity index is 2.44. The van der Waals surface area contributed by atoms with E-state index in [9.17, 15) is 0 Å². The largest absolute Gasteiger partial charge is 0.425 e. The summed E-state index contributed by atoms with van der Waals surface area (Å²) in [5.41, 5.74) is 3.92. The van der Waals surface area contributed by atoms with E-state index in [1.54, 1.807) is 0 Å². The molecule has 1 aliphatic heterocycles. The first-order chi connectivity index (χ1) is 8.28. The Morgan fingerprint density at radius 3 is 2.44 bits per heavy atom. The lowest BCUT2D eigenvalue weighted by atomic mass is 9.52. The van der Waals surface area contributed by atoms with E-state index in [-0.39, 0.29) is 17.9 Å². The number of rotatable bonds is 2. The quantitative estimate of drug-likeness (QED) is 0.719. The van der Waals surface area contributed by atoms with E-state index >= 15 is 0 Å². The van der Waals surface area contributed by atoms with Gasteiger partial charge in [0.25, 0.3) is 0 Å². The van der Waals surface area contributed by atoms with Gasteiger partial charge >= 0.3 is 6.92 Å². The molecule has 0 radical (unpaired) electrons. The SMILES string of the molecule is C=Cc1cccc(C)c1B1CC(C)(C)C(C)(C)O1. The minimum Gasteiger partial charge on any atom is -0.425 e. The van der Waals surface area contributed by atoms with Crippen LogP contribution in [0.25, 0.3) is 6.08 Å². The molecule has 1 aromatic rings. The molecule has 0 unspecified atom stereocenters. The van der Waals surface area contributed by atoms with E-state index < -0.39 is 0 Å². The predicted molar refractivity (Wildman–Crippen MR) is 80.4 cm³/mol. The summed E-state index contributed by atoms with van der Waals surface area (Å²) in [6, 6.07) is 6.36. The highest BCUT2D eigenvalue weighted by atomic mass is 16.5. The second-order valence-electron chi connectivity index (χ2n) is 6.49. The molecule has 0 saturated carbocycles. The number of hydrogen-bond donors (Lipinski definition) is 0. The highest BCUT2D eigenvalue weighted by Crippen LogP contribution is 2.45. The Hall–Kier alpha value is -1.02. The third kappa shape index (κ3) is 2.03. The van der Waals surface area contributed by atoms with Crippen molar-refractivity contribution in [2.45, 2.75) is 46.5 Å². The van der Waals surface area contributed by atoms with Gasteiger partial charge in [0, 0.05) is 0 Å². The summed E-state index contributed by atoms with van der Waals surface area (Å²) in [6.07, 6.45) is 3.00. The zero-order valence-electron chi connectivity index (χ0n) is 12.2. The molecule has 0 amide bonds. The zero-order chi connectivity index (χ0) is 13.6. The van der Waals surface area contributed by atoms with E-state index in [4.69, 9.17) is 4.65 Å². The molecule has 1 saturated heterocycles. The van der Waals surface area contributed by atoms with Crippen molar-refractivity contribution < 1.29 is 4.65 Å². The van der Waals surface area contributed by atoms with Crippen molar-refractivity contribution in [3.63, 3.8) is 0 Å². The lowest BCUT2D eigenvalue weighted by Crippen LogP contribution is -2.37. The Morgan fingerprint density at radius 2 is 1.94 bits per heavy atom. The first-order valence-electron chi connectivity index (χ1n) is 6.68. The lowest BCUT2D eigenvalue weighted by Gasteiger charge is -2.34. The van der Waals surface area contributed by atoms with Gasteiger partial charge in [0.15, 0.2) is 0 Å². The van der Waals surface area contributed by atoms with Gasteiger partial charge in [-0.25, -0.2) is 0 Å². The normalized spacial score (nSPS) is 21.1. The summed E-state index contributed by atoms with van der Waals surface area (Å²) in [5.74, 6) is 0. The van der Waals surface area contributed by atoms with Crippen LogP contribution < -0.4 is 5.46 Å².